The normalized spacial score (nSPS) is 12.4. The Morgan fingerprint density at radius 3 is 2.41 bits per heavy atom. The highest BCUT2D eigenvalue weighted by atomic mass is 16.3. The van der Waals surface area contributed by atoms with Crippen molar-refractivity contribution in [2.24, 2.45) is 0 Å². The molecule has 0 aliphatic heterocycles. The molecule has 1 unspecified atom stereocenters. The first-order valence-corrected chi connectivity index (χ1v) is 9.75. The van der Waals surface area contributed by atoms with Crippen molar-refractivity contribution >= 4 is 5.52 Å². The third kappa shape index (κ3) is 3.61. The summed E-state index contributed by atoms with van der Waals surface area (Å²) in [6.45, 7) is 8.26. The second-order valence-electron chi connectivity index (χ2n) is 7.81. The first kappa shape index (κ1) is 19.2. The fourth-order valence-corrected chi connectivity index (χ4v) is 3.81. The zero-order valence-corrected chi connectivity index (χ0v) is 17.2. The molecule has 2 heterocycles. The molecule has 5 nitrogen and oxygen atoms in total. The van der Waals surface area contributed by atoms with Gasteiger partial charge in [0.1, 0.15) is 5.52 Å². The maximum atomic E-state index is 13.0. The van der Waals surface area contributed by atoms with E-state index in [1.54, 1.807) is 21.5 Å². The molecule has 0 spiro atoms. The molecular formula is C24H25N3O2. The highest BCUT2D eigenvalue weighted by molar-refractivity contribution is 5.68. The minimum atomic E-state index is -0.753. The average molecular weight is 387 g/mol. The van der Waals surface area contributed by atoms with E-state index in [1.165, 1.54) is 5.56 Å². The molecule has 0 saturated heterocycles. The van der Waals surface area contributed by atoms with Gasteiger partial charge in [-0.05, 0) is 50.5 Å². The molecule has 148 valence electrons. The molecule has 0 fully saturated rings. The van der Waals surface area contributed by atoms with E-state index in [0.29, 0.717) is 5.52 Å². The van der Waals surface area contributed by atoms with Crippen molar-refractivity contribution in [1.82, 2.24) is 14.2 Å². The second kappa shape index (κ2) is 7.33. The van der Waals surface area contributed by atoms with Crippen LogP contribution in [0.4, 0.5) is 0 Å². The summed E-state index contributed by atoms with van der Waals surface area (Å²) in [6.07, 6.45) is 2.69. The van der Waals surface area contributed by atoms with Gasteiger partial charge in [0.2, 0.25) is 0 Å². The van der Waals surface area contributed by atoms with Crippen LogP contribution in [-0.4, -0.2) is 19.3 Å². The predicted molar refractivity (Wildman–Crippen MR) is 115 cm³/mol. The minimum absolute atomic E-state index is 0.166. The van der Waals surface area contributed by atoms with Crippen LogP contribution in [0.2, 0.25) is 0 Å². The average Bonchev–Trinajstić information content (AvgIpc) is 3.10. The number of aliphatic hydroxyl groups excluding tert-OH is 1. The molecule has 0 aliphatic rings. The molecule has 0 amide bonds. The van der Waals surface area contributed by atoms with E-state index in [0.717, 1.165) is 33.5 Å². The number of rotatable bonds is 4. The van der Waals surface area contributed by atoms with E-state index in [2.05, 4.69) is 18.1 Å². The topological polar surface area (TPSA) is 59.5 Å². The van der Waals surface area contributed by atoms with E-state index in [-0.39, 0.29) is 12.1 Å². The van der Waals surface area contributed by atoms with Crippen molar-refractivity contribution in [3.8, 4) is 11.3 Å². The molecule has 5 heteroatoms. The summed E-state index contributed by atoms with van der Waals surface area (Å²) in [5.41, 5.74) is 7.38. The van der Waals surface area contributed by atoms with E-state index in [9.17, 15) is 9.90 Å². The van der Waals surface area contributed by atoms with Crippen LogP contribution in [0.25, 0.3) is 16.8 Å². The Bertz CT molecular complexity index is 1270. The number of aromatic nitrogens is 3. The predicted octanol–water partition coefficient (Wildman–Crippen LogP) is 4.13. The van der Waals surface area contributed by atoms with Gasteiger partial charge in [-0.1, -0.05) is 47.5 Å². The third-order valence-corrected chi connectivity index (χ3v) is 5.42. The lowest BCUT2D eigenvalue weighted by atomic mass is 10.0. The number of hydrogen-bond donors (Lipinski definition) is 1. The highest BCUT2D eigenvalue weighted by Gasteiger charge is 2.15. The summed E-state index contributed by atoms with van der Waals surface area (Å²) in [7, 11) is 0. The Hall–Kier alpha value is -3.18. The lowest BCUT2D eigenvalue weighted by molar-refractivity contribution is 0.154. The van der Waals surface area contributed by atoms with Gasteiger partial charge in [0, 0.05) is 18.0 Å². The number of nitrogens with zero attached hydrogens (tertiary/aromatic N) is 3. The molecule has 4 rings (SSSR count). The lowest BCUT2D eigenvalue weighted by Crippen LogP contribution is -2.24. The van der Waals surface area contributed by atoms with Gasteiger partial charge >= 0.3 is 0 Å². The van der Waals surface area contributed by atoms with Gasteiger partial charge in [-0.2, -0.15) is 5.10 Å². The van der Waals surface area contributed by atoms with Crippen LogP contribution in [0.3, 0.4) is 0 Å². The molecule has 1 atom stereocenters. The number of aliphatic hydroxyl groups is 1. The molecule has 0 bridgehead atoms. The Balaban J connectivity index is 1.71. The summed E-state index contributed by atoms with van der Waals surface area (Å²) in [4.78, 5) is 13.0. The quantitative estimate of drug-likeness (QED) is 0.573. The molecule has 4 aromatic rings. The Kier molecular flexibility index (Phi) is 4.84. The van der Waals surface area contributed by atoms with E-state index < -0.39 is 6.10 Å². The summed E-state index contributed by atoms with van der Waals surface area (Å²) >= 11 is 0. The van der Waals surface area contributed by atoms with Crippen LogP contribution in [0.5, 0.6) is 0 Å². The van der Waals surface area contributed by atoms with Crippen molar-refractivity contribution in [2.75, 3.05) is 0 Å². The van der Waals surface area contributed by atoms with Crippen molar-refractivity contribution < 1.29 is 5.11 Å². The SMILES string of the molecule is Cc1ccc(-c2cc3c(=O)n(CC(O)c4cc(C)ccc4C)ccn3n2)c(C)c1. The van der Waals surface area contributed by atoms with Crippen LogP contribution >= 0.6 is 0 Å². The zero-order valence-electron chi connectivity index (χ0n) is 17.2. The van der Waals surface area contributed by atoms with Gasteiger partial charge in [0.15, 0.2) is 0 Å². The molecule has 2 aromatic carbocycles. The summed E-state index contributed by atoms with van der Waals surface area (Å²) in [5.74, 6) is 0. The molecule has 2 aromatic heterocycles. The van der Waals surface area contributed by atoms with Gasteiger partial charge in [0.05, 0.1) is 18.3 Å². The first-order valence-electron chi connectivity index (χ1n) is 9.75. The monoisotopic (exact) mass is 387 g/mol. The summed E-state index contributed by atoms with van der Waals surface area (Å²) in [5, 5.41) is 15.3. The van der Waals surface area contributed by atoms with Crippen LogP contribution in [0.15, 0.2) is 59.7 Å². The Labute approximate surface area is 169 Å². The maximum absolute atomic E-state index is 13.0. The van der Waals surface area contributed by atoms with Gasteiger partial charge in [-0.3, -0.25) is 4.79 Å². The smallest absolute Gasteiger partial charge is 0.276 e. The van der Waals surface area contributed by atoms with Gasteiger partial charge in [-0.25, -0.2) is 4.52 Å². The largest absolute Gasteiger partial charge is 0.387 e. The summed E-state index contributed by atoms with van der Waals surface area (Å²) in [6, 6.07) is 14.0. The standard InChI is InChI=1S/C24H25N3O2/c1-15-6-8-19(18(4)11-15)21-13-22-24(29)26(9-10-27(22)25-21)14-23(28)20-12-16(2)5-7-17(20)3/h5-13,23,28H,14H2,1-4H3. The fraction of sp³-hybridized carbons (Fsp3) is 0.250. The van der Waals surface area contributed by atoms with Crippen molar-refractivity contribution in [3.63, 3.8) is 0 Å². The maximum Gasteiger partial charge on any atom is 0.276 e. The van der Waals surface area contributed by atoms with Crippen LogP contribution in [0.1, 0.15) is 33.9 Å². The Morgan fingerprint density at radius 1 is 0.931 bits per heavy atom. The van der Waals surface area contributed by atoms with E-state index in [1.807, 2.05) is 57.2 Å². The molecule has 29 heavy (non-hydrogen) atoms. The second-order valence-corrected chi connectivity index (χ2v) is 7.81. The number of aryl methyl sites for hydroxylation is 4. The van der Waals surface area contributed by atoms with E-state index in [4.69, 9.17) is 0 Å². The molecule has 0 aliphatic carbocycles. The minimum Gasteiger partial charge on any atom is -0.387 e. The van der Waals surface area contributed by atoms with Crippen LogP contribution in [0, 0.1) is 27.7 Å². The van der Waals surface area contributed by atoms with Crippen molar-refractivity contribution in [1.29, 1.82) is 0 Å². The van der Waals surface area contributed by atoms with E-state index >= 15 is 0 Å². The number of benzene rings is 2. The summed E-state index contributed by atoms with van der Waals surface area (Å²) < 4.78 is 3.16. The molecular weight excluding hydrogens is 362 g/mol. The number of fused-ring (bicyclic) bond motifs is 1. The fourth-order valence-electron chi connectivity index (χ4n) is 3.81. The lowest BCUT2D eigenvalue weighted by Gasteiger charge is -2.16. The first-order chi connectivity index (χ1) is 13.8. The van der Waals surface area contributed by atoms with Crippen molar-refractivity contribution in [3.05, 3.63) is 93.0 Å². The van der Waals surface area contributed by atoms with Crippen LogP contribution in [-0.2, 0) is 6.54 Å². The van der Waals surface area contributed by atoms with Gasteiger partial charge in [0.25, 0.3) is 5.56 Å². The Morgan fingerprint density at radius 2 is 1.66 bits per heavy atom. The van der Waals surface area contributed by atoms with Gasteiger partial charge < -0.3 is 9.67 Å². The molecule has 0 radical (unpaired) electrons. The zero-order chi connectivity index (χ0) is 20.7. The molecule has 0 saturated carbocycles. The number of hydrogen-bond acceptors (Lipinski definition) is 3. The third-order valence-electron chi connectivity index (χ3n) is 5.42. The molecule has 1 N–H and O–H groups in total. The van der Waals surface area contributed by atoms with Crippen molar-refractivity contribution in [2.45, 2.75) is 40.3 Å². The highest BCUT2D eigenvalue weighted by Crippen LogP contribution is 2.24. The van der Waals surface area contributed by atoms with Crippen LogP contribution < -0.4 is 5.56 Å². The van der Waals surface area contributed by atoms with Gasteiger partial charge in [-0.15, -0.1) is 0 Å².